The summed E-state index contributed by atoms with van der Waals surface area (Å²) in [6.07, 6.45) is 2.06. The molecule has 0 aliphatic carbocycles. The lowest BCUT2D eigenvalue weighted by Gasteiger charge is -2.28. The molecule has 0 aromatic heterocycles. The lowest BCUT2D eigenvalue weighted by Crippen LogP contribution is -2.18. The molecule has 0 fully saturated rings. The maximum atomic E-state index is 10.7. The second-order valence-electron chi connectivity index (χ2n) is 5.09. The minimum atomic E-state index is 0.0948. The second-order valence-corrected chi connectivity index (χ2v) is 5.09. The van der Waals surface area contributed by atoms with Crippen LogP contribution >= 0.6 is 0 Å². The van der Waals surface area contributed by atoms with Gasteiger partial charge in [-0.3, -0.25) is 4.79 Å². The Morgan fingerprint density at radius 1 is 1.38 bits per heavy atom. The SMILES string of the molecule is CC(C/C(CC=O)=C(\C#N)C=O)C(C)(C)C. The van der Waals surface area contributed by atoms with E-state index in [0.29, 0.717) is 24.2 Å². The molecule has 1 unspecified atom stereocenters. The molecule has 0 heterocycles. The molecule has 0 spiro atoms. The van der Waals surface area contributed by atoms with Gasteiger partial charge in [0.25, 0.3) is 0 Å². The van der Waals surface area contributed by atoms with Crippen LogP contribution in [0.4, 0.5) is 0 Å². The number of carbonyl (C=O) groups excluding carboxylic acids is 2. The van der Waals surface area contributed by atoms with Crippen LogP contribution in [-0.4, -0.2) is 12.6 Å². The van der Waals surface area contributed by atoms with E-state index in [2.05, 4.69) is 27.7 Å². The van der Waals surface area contributed by atoms with Crippen molar-refractivity contribution in [1.82, 2.24) is 0 Å². The Kier molecular flexibility index (Phi) is 5.66. The summed E-state index contributed by atoms with van der Waals surface area (Å²) in [7, 11) is 0. The largest absolute Gasteiger partial charge is 0.303 e. The van der Waals surface area contributed by atoms with Crippen LogP contribution in [-0.2, 0) is 9.59 Å². The molecule has 3 nitrogen and oxygen atoms in total. The topological polar surface area (TPSA) is 57.9 Å². The number of allylic oxidation sites excluding steroid dienone is 2. The first-order valence-electron chi connectivity index (χ1n) is 5.37. The van der Waals surface area contributed by atoms with Crippen molar-refractivity contribution in [1.29, 1.82) is 5.26 Å². The van der Waals surface area contributed by atoms with Crippen molar-refractivity contribution in [3.8, 4) is 6.07 Å². The second kappa shape index (κ2) is 6.22. The van der Waals surface area contributed by atoms with Crippen molar-refractivity contribution < 1.29 is 9.59 Å². The third kappa shape index (κ3) is 4.39. The maximum absolute atomic E-state index is 10.7. The molecule has 0 bridgehead atoms. The summed E-state index contributed by atoms with van der Waals surface area (Å²) in [5.74, 6) is 0.311. The number of hydrogen-bond donors (Lipinski definition) is 0. The van der Waals surface area contributed by atoms with Gasteiger partial charge in [0.2, 0.25) is 0 Å². The molecule has 0 radical (unpaired) electrons. The van der Waals surface area contributed by atoms with Crippen LogP contribution in [0, 0.1) is 22.7 Å². The third-order valence-electron chi connectivity index (χ3n) is 2.98. The smallest absolute Gasteiger partial charge is 0.160 e. The Balaban J connectivity index is 4.98. The van der Waals surface area contributed by atoms with Gasteiger partial charge in [0.05, 0.1) is 5.57 Å². The minimum absolute atomic E-state index is 0.0948. The van der Waals surface area contributed by atoms with E-state index in [4.69, 9.17) is 5.26 Å². The molecule has 0 amide bonds. The van der Waals surface area contributed by atoms with Gasteiger partial charge in [-0.1, -0.05) is 27.7 Å². The lowest BCUT2D eigenvalue weighted by atomic mass is 9.77. The molecule has 0 aromatic rings. The molecule has 0 aliphatic heterocycles. The molecule has 0 saturated heterocycles. The van der Waals surface area contributed by atoms with E-state index in [9.17, 15) is 9.59 Å². The van der Waals surface area contributed by atoms with E-state index in [1.54, 1.807) is 0 Å². The zero-order valence-electron chi connectivity index (χ0n) is 10.4. The van der Waals surface area contributed by atoms with Crippen molar-refractivity contribution in [2.45, 2.75) is 40.5 Å². The highest BCUT2D eigenvalue weighted by Crippen LogP contribution is 2.31. The molecular formula is C13H19NO2. The molecule has 1 atom stereocenters. The summed E-state index contributed by atoms with van der Waals surface area (Å²) >= 11 is 0. The quantitative estimate of drug-likeness (QED) is 0.407. The van der Waals surface area contributed by atoms with Crippen molar-refractivity contribution in [2.75, 3.05) is 0 Å². The van der Waals surface area contributed by atoms with Crippen LogP contribution in [0.15, 0.2) is 11.1 Å². The first-order valence-corrected chi connectivity index (χ1v) is 5.37. The van der Waals surface area contributed by atoms with Crippen LogP contribution < -0.4 is 0 Å². The van der Waals surface area contributed by atoms with E-state index < -0.39 is 0 Å². The fourth-order valence-corrected chi connectivity index (χ4v) is 1.27. The van der Waals surface area contributed by atoms with Gasteiger partial charge in [-0.25, -0.2) is 0 Å². The minimum Gasteiger partial charge on any atom is -0.303 e. The van der Waals surface area contributed by atoms with E-state index >= 15 is 0 Å². The van der Waals surface area contributed by atoms with Crippen molar-refractivity contribution in [2.24, 2.45) is 11.3 Å². The van der Waals surface area contributed by atoms with Gasteiger partial charge in [0, 0.05) is 6.42 Å². The first-order chi connectivity index (χ1) is 7.36. The zero-order chi connectivity index (χ0) is 12.8. The Bertz CT molecular complexity index is 329. The van der Waals surface area contributed by atoms with Crippen LogP contribution in [0.1, 0.15) is 40.5 Å². The fraction of sp³-hybridized carbons (Fsp3) is 0.615. The van der Waals surface area contributed by atoms with Crippen LogP contribution in [0.3, 0.4) is 0 Å². The molecule has 88 valence electrons. The molecule has 0 saturated carbocycles. The van der Waals surface area contributed by atoms with Gasteiger partial charge in [0.1, 0.15) is 12.4 Å². The summed E-state index contributed by atoms with van der Waals surface area (Å²) < 4.78 is 0. The van der Waals surface area contributed by atoms with Crippen molar-refractivity contribution in [3.05, 3.63) is 11.1 Å². The number of nitriles is 1. The van der Waals surface area contributed by atoms with Gasteiger partial charge >= 0.3 is 0 Å². The van der Waals surface area contributed by atoms with Crippen molar-refractivity contribution in [3.63, 3.8) is 0 Å². The highest BCUT2D eigenvalue weighted by molar-refractivity contribution is 5.81. The third-order valence-corrected chi connectivity index (χ3v) is 2.98. The molecule has 0 aromatic carbocycles. The lowest BCUT2D eigenvalue weighted by molar-refractivity contribution is -0.107. The van der Waals surface area contributed by atoms with E-state index in [1.165, 1.54) is 0 Å². The highest BCUT2D eigenvalue weighted by Gasteiger charge is 2.22. The van der Waals surface area contributed by atoms with Gasteiger partial charge in [0.15, 0.2) is 6.29 Å². The van der Waals surface area contributed by atoms with E-state index in [1.807, 2.05) is 6.07 Å². The maximum Gasteiger partial charge on any atom is 0.160 e. The molecule has 0 aliphatic rings. The standard InChI is InChI=1S/C13H19NO2/c1-10(13(2,3)4)7-11(5-6-15)12(8-14)9-16/h6,9-10H,5,7H2,1-4H3/b12-11+. The van der Waals surface area contributed by atoms with E-state index in [0.717, 1.165) is 6.29 Å². The normalized spacial score (nSPS) is 14.7. The zero-order valence-corrected chi connectivity index (χ0v) is 10.4. The number of aldehydes is 2. The summed E-state index contributed by atoms with van der Waals surface area (Å²) in [6.45, 7) is 8.36. The number of nitrogens with zero attached hydrogens (tertiary/aromatic N) is 1. The molecular weight excluding hydrogens is 202 g/mol. The van der Waals surface area contributed by atoms with Gasteiger partial charge in [-0.15, -0.1) is 0 Å². The Morgan fingerprint density at radius 2 is 1.94 bits per heavy atom. The van der Waals surface area contributed by atoms with Crippen molar-refractivity contribution >= 4 is 12.6 Å². The van der Waals surface area contributed by atoms with Crippen LogP contribution in [0.25, 0.3) is 0 Å². The number of hydrogen-bond acceptors (Lipinski definition) is 3. The van der Waals surface area contributed by atoms with Gasteiger partial charge in [-0.05, 0) is 23.3 Å². The number of carbonyl (C=O) groups is 2. The van der Waals surface area contributed by atoms with Gasteiger partial charge < -0.3 is 4.79 Å². The fourth-order valence-electron chi connectivity index (χ4n) is 1.27. The average Bonchev–Trinajstić information content (AvgIpc) is 2.18. The highest BCUT2D eigenvalue weighted by atomic mass is 16.1. The summed E-state index contributed by atoms with van der Waals surface area (Å²) in [6, 6.07) is 1.85. The summed E-state index contributed by atoms with van der Waals surface area (Å²) in [4.78, 5) is 21.2. The Hall–Kier alpha value is -1.43. The Labute approximate surface area is 97.1 Å². The average molecular weight is 221 g/mol. The van der Waals surface area contributed by atoms with Gasteiger partial charge in [-0.2, -0.15) is 5.26 Å². The molecule has 16 heavy (non-hydrogen) atoms. The predicted molar refractivity (Wildman–Crippen MR) is 62.6 cm³/mol. The Morgan fingerprint density at radius 3 is 2.25 bits per heavy atom. The number of rotatable bonds is 5. The summed E-state index contributed by atoms with van der Waals surface area (Å²) in [5, 5.41) is 8.78. The predicted octanol–water partition coefficient (Wildman–Crippen LogP) is 2.67. The molecule has 0 rings (SSSR count). The molecule has 3 heteroatoms. The molecule has 0 N–H and O–H groups in total. The summed E-state index contributed by atoms with van der Waals surface area (Å²) in [5.41, 5.74) is 0.843. The first kappa shape index (κ1) is 14.6. The van der Waals surface area contributed by atoms with Crippen LogP contribution in [0.2, 0.25) is 0 Å². The van der Waals surface area contributed by atoms with Crippen LogP contribution in [0.5, 0.6) is 0 Å². The van der Waals surface area contributed by atoms with E-state index in [-0.39, 0.29) is 17.4 Å². The monoisotopic (exact) mass is 221 g/mol.